The van der Waals surface area contributed by atoms with E-state index in [2.05, 4.69) is 15.3 Å². The van der Waals surface area contributed by atoms with Gasteiger partial charge in [-0.1, -0.05) is 47.7 Å². The minimum atomic E-state index is -0.412. The van der Waals surface area contributed by atoms with E-state index in [1.165, 1.54) is 23.5 Å². The van der Waals surface area contributed by atoms with Gasteiger partial charge in [0.05, 0.1) is 4.92 Å². The van der Waals surface area contributed by atoms with Gasteiger partial charge in [0.25, 0.3) is 5.69 Å². The second-order valence-electron chi connectivity index (χ2n) is 5.60. The fourth-order valence-corrected chi connectivity index (χ4v) is 3.26. The predicted octanol–water partition coefficient (Wildman–Crippen LogP) is 3.86. The first-order valence-corrected chi connectivity index (χ1v) is 8.68. The summed E-state index contributed by atoms with van der Waals surface area (Å²) in [6, 6.07) is 16.4. The number of nitro benzene ring substituents is 1. The van der Waals surface area contributed by atoms with Gasteiger partial charge < -0.3 is 0 Å². The summed E-state index contributed by atoms with van der Waals surface area (Å²) in [5.74, 6) is 0.789. The summed E-state index contributed by atoms with van der Waals surface area (Å²) in [4.78, 5) is 11.0. The molecule has 0 aliphatic carbocycles. The zero-order valence-corrected chi connectivity index (χ0v) is 14.3. The highest BCUT2D eigenvalue weighted by Crippen LogP contribution is 2.19. The van der Waals surface area contributed by atoms with Gasteiger partial charge in [-0.2, -0.15) is 9.61 Å². The molecule has 0 radical (unpaired) electrons. The molecule has 2 aromatic heterocycles. The molecule has 4 aromatic rings. The van der Waals surface area contributed by atoms with Crippen molar-refractivity contribution in [3.63, 3.8) is 0 Å². The number of hydrogen-bond acceptors (Lipinski definition) is 6. The Balaban J connectivity index is 1.55. The van der Waals surface area contributed by atoms with Crippen LogP contribution in [0.1, 0.15) is 22.0 Å². The fourth-order valence-electron chi connectivity index (χ4n) is 2.50. The second kappa shape index (κ2) is 6.85. The molecule has 0 saturated carbocycles. The van der Waals surface area contributed by atoms with Crippen molar-refractivity contribution >= 4 is 34.1 Å². The number of fused-ring (bicyclic) bond motifs is 1. The summed E-state index contributed by atoms with van der Waals surface area (Å²) in [7, 11) is 0. The van der Waals surface area contributed by atoms with Crippen LogP contribution in [0.3, 0.4) is 0 Å². The van der Waals surface area contributed by atoms with Crippen molar-refractivity contribution in [2.45, 2.75) is 6.42 Å². The van der Waals surface area contributed by atoms with Gasteiger partial charge in [-0.25, -0.2) is 0 Å². The van der Waals surface area contributed by atoms with Gasteiger partial charge in [0, 0.05) is 18.6 Å². The molecule has 0 atom stereocenters. The van der Waals surface area contributed by atoms with Crippen molar-refractivity contribution in [1.29, 1.82) is 0 Å². The fraction of sp³-hybridized carbons (Fsp3) is 0.0556. The zero-order chi connectivity index (χ0) is 17.9. The summed E-state index contributed by atoms with van der Waals surface area (Å²) >= 11 is 1.44. The first-order valence-electron chi connectivity index (χ1n) is 7.86. The number of aromatic nitrogens is 4. The molecule has 0 unspecified atom stereocenters. The van der Waals surface area contributed by atoms with Crippen molar-refractivity contribution < 1.29 is 4.92 Å². The maximum absolute atomic E-state index is 10.7. The van der Waals surface area contributed by atoms with E-state index in [1.54, 1.807) is 16.6 Å². The molecular formula is C18H13N5O2S. The molecule has 0 aliphatic rings. The van der Waals surface area contributed by atoms with E-state index in [0.717, 1.165) is 26.9 Å². The summed E-state index contributed by atoms with van der Waals surface area (Å²) in [5, 5.41) is 24.4. The zero-order valence-electron chi connectivity index (χ0n) is 13.5. The highest BCUT2D eigenvalue weighted by molar-refractivity contribution is 7.17. The Morgan fingerprint density at radius 2 is 1.81 bits per heavy atom. The smallest absolute Gasteiger partial charge is 0.258 e. The highest BCUT2D eigenvalue weighted by atomic mass is 32.1. The van der Waals surface area contributed by atoms with Crippen molar-refractivity contribution in [1.82, 2.24) is 19.8 Å². The Morgan fingerprint density at radius 1 is 1.04 bits per heavy atom. The van der Waals surface area contributed by atoms with E-state index in [9.17, 15) is 10.1 Å². The molecular weight excluding hydrogens is 350 g/mol. The third-order valence-electron chi connectivity index (χ3n) is 3.80. The minimum absolute atomic E-state index is 0.0755. The van der Waals surface area contributed by atoms with Gasteiger partial charge >= 0.3 is 0 Å². The summed E-state index contributed by atoms with van der Waals surface area (Å²) in [6.45, 7) is 0. The lowest BCUT2D eigenvalue weighted by Gasteiger charge is -1.97. The summed E-state index contributed by atoms with van der Waals surface area (Å²) in [5.41, 5.74) is 2.09. The van der Waals surface area contributed by atoms with Gasteiger partial charge in [-0.3, -0.25) is 10.1 Å². The monoisotopic (exact) mass is 363 g/mol. The lowest BCUT2D eigenvalue weighted by Crippen LogP contribution is -1.97. The van der Waals surface area contributed by atoms with Gasteiger partial charge in [-0.05, 0) is 29.3 Å². The molecule has 0 fully saturated rings. The number of non-ortho nitro benzene ring substituents is 1. The third-order valence-corrected chi connectivity index (χ3v) is 4.66. The van der Waals surface area contributed by atoms with E-state index >= 15 is 0 Å². The molecule has 4 rings (SSSR count). The van der Waals surface area contributed by atoms with Gasteiger partial charge in [0.15, 0.2) is 5.82 Å². The molecule has 0 aliphatic heterocycles. The highest BCUT2D eigenvalue weighted by Gasteiger charge is 2.11. The Labute approximate surface area is 152 Å². The summed E-state index contributed by atoms with van der Waals surface area (Å²) < 4.78 is 1.76. The van der Waals surface area contributed by atoms with Crippen LogP contribution in [-0.2, 0) is 6.42 Å². The second-order valence-corrected chi connectivity index (χ2v) is 6.58. The lowest BCUT2D eigenvalue weighted by molar-refractivity contribution is -0.384. The van der Waals surface area contributed by atoms with Crippen LogP contribution in [0.2, 0.25) is 0 Å². The van der Waals surface area contributed by atoms with Crippen LogP contribution in [0.25, 0.3) is 17.1 Å². The van der Waals surface area contributed by atoms with E-state index in [4.69, 9.17) is 0 Å². The topological polar surface area (TPSA) is 86.2 Å². The molecule has 26 heavy (non-hydrogen) atoms. The Bertz CT molecular complexity index is 1080. The van der Waals surface area contributed by atoms with Crippen LogP contribution in [-0.4, -0.2) is 24.7 Å². The molecule has 2 heterocycles. The quantitative estimate of drug-likeness (QED) is 0.397. The molecule has 0 bridgehead atoms. The van der Waals surface area contributed by atoms with Crippen LogP contribution in [0, 0.1) is 10.1 Å². The number of rotatable bonds is 5. The van der Waals surface area contributed by atoms with Crippen molar-refractivity contribution in [2.75, 3.05) is 0 Å². The van der Waals surface area contributed by atoms with Crippen molar-refractivity contribution in [3.8, 4) is 0 Å². The average Bonchev–Trinajstić information content (AvgIpc) is 3.23. The number of hydrogen-bond donors (Lipinski definition) is 0. The lowest BCUT2D eigenvalue weighted by atomic mass is 10.1. The molecule has 0 saturated heterocycles. The van der Waals surface area contributed by atoms with E-state index in [-0.39, 0.29) is 5.69 Å². The normalized spacial score (nSPS) is 11.4. The Hall–Kier alpha value is -3.39. The van der Waals surface area contributed by atoms with Crippen LogP contribution < -0.4 is 0 Å². The predicted molar refractivity (Wildman–Crippen MR) is 99.9 cm³/mol. The average molecular weight is 363 g/mol. The van der Waals surface area contributed by atoms with Crippen LogP contribution in [0.4, 0.5) is 5.69 Å². The van der Waals surface area contributed by atoms with E-state index in [1.807, 2.05) is 42.5 Å². The molecule has 8 heteroatoms. The van der Waals surface area contributed by atoms with Gasteiger partial charge in [-0.15, -0.1) is 10.2 Å². The number of benzene rings is 2. The van der Waals surface area contributed by atoms with Crippen LogP contribution in [0.15, 0.2) is 54.6 Å². The van der Waals surface area contributed by atoms with E-state index < -0.39 is 4.92 Å². The largest absolute Gasteiger partial charge is 0.269 e. The van der Waals surface area contributed by atoms with Crippen LogP contribution in [0.5, 0.6) is 0 Å². The van der Waals surface area contributed by atoms with Gasteiger partial charge in [0.2, 0.25) is 4.96 Å². The molecule has 0 amide bonds. The molecule has 0 spiro atoms. The maximum Gasteiger partial charge on any atom is 0.269 e. The first-order chi connectivity index (χ1) is 12.7. The van der Waals surface area contributed by atoms with Crippen molar-refractivity contribution in [3.05, 3.63) is 86.7 Å². The third kappa shape index (κ3) is 3.35. The standard InChI is InChI=1S/C18H13N5O2S/c24-23(25)15-9-6-13(7-10-15)8-11-17-21-22-16(19-20-18(22)26-17)12-14-4-2-1-3-5-14/h1-11H,12H2/b11-8+. The van der Waals surface area contributed by atoms with E-state index in [0.29, 0.717) is 6.42 Å². The Morgan fingerprint density at radius 3 is 2.54 bits per heavy atom. The summed E-state index contributed by atoms with van der Waals surface area (Å²) in [6.07, 6.45) is 4.40. The van der Waals surface area contributed by atoms with Crippen LogP contribution >= 0.6 is 11.3 Å². The van der Waals surface area contributed by atoms with Gasteiger partial charge in [0.1, 0.15) is 5.01 Å². The number of nitrogens with zero attached hydrogens (tertiary/aromatic N) is 5. The maximum atomic E-state index is 10.7. The minimum Gasteiger partial charge on any atom is -0.258 e. The molecule has 0 N–H and O–H groups in total. The van der Waals surface area contributed by atoms with Crippen molar-refractivity contribution in [2.24, 2.45) is 0 Å². The number of nitro groups is 1. The first kappa shape index (κ1) is 16.1. The Kier molecular flexibility index (Phi) is 4.24. The molecule has 7 nitrogen and oxygen atoms in total. The molecule has 2 aromatic carbocycles. The molecule has 128 valence electrons. The SMILES string of the molecule is O=[N+]([O-])c1ccc(/C=C/c2nn3c(Cc4ccccc4)nnc3s2)cc1.